The molecule has 102 valence electrons. The second-order valence-corrected chi connectivity index (χ2v) is 6.26. The zero-order valence-corrected chi connectivity index (χ0v) is 12.5. The van der Waals surface area contributed by atoms with E-state index in [2.05, 4.69) is 5.32 Å². The summed E-state index contributed by atoms with van der Waals surface area (Å²) in [4.78, 5) is 13.6. The van der Waals surface area contributed by atoms with Gasteiger partial charge in [-0.1, -0.05) is 0 Å². The number of hydrogen-bond acceptors (Lipinski definition) is 3. The van der Waals surface area contributed by atoms with Crippen LogP contribution in [0.2, 0.25) is 0 Å². The molecule has 1 aromatic rings. The number of hydrogen-bond donors (Lipinski definition) is 2. The topological polar surface area (TPSA) is 55.1 Å². The number of fused-ring (bicyclic) bond motifs is 1. The molecular weight excluding hydrogens is 268 g/mol. The minimum absolute atomic E-state index is 0. The predicted octanol–water partition coefficient (Wildman–Crippen LogP) is 2.52. The molecule has 3 nitrogen and oxygen atoms in total. The zero-order valence-electron chi connectivity index (χ0n) is 10.9. The molecule has 1 aliphatic carbocycles. The molecular formula is C13H21ClN2OS. The van der Waals surface area contributed by atoms with Gasteiger partial charge in [0.05, 0.1) is 5.56 Å². The Bertz CT molecular complexity index is 429. The van der Waals surface area contributed by atoms with Crippen LogP contribution < -0.4 is 11.1 Å². The maximum atomic E-state index is 12.2. The van der Waals surface area contributed by atoms with Crippen LogP contribution in [0.15, 0.2) is 5.38 Å². The highest BCUT2D eigenvalue weighted by atomic mass is 35.5. The van der Waals surface area contributed by atoms with Crippen molar-refractivity contribution in [3.05, 3.63) is 21.4 Å². The highest BCUT2D eigenvalue weighted by molar-refractivity contribution is 7.10. The second kappa shape index (κ2) is 6.04. The van der Waals surface area contributed by atoms with Crippen molar-refractivity contribution < 1.29 is 4.79 Å². The molecule has 0 aliphatic heterocycles. The number of thiophene rings is 1. The van der Waals surface area contributed by atoms with Crippen molar-refractivity contribution in [2.24, 2.45) is 5.73 Å². The fourth-order valence-corrected chi connectivity index (χ4v) is 3.24. The minimum Gasteiger partial charge on any atom is -0.346 e. The lowest BCUT2D eigenvalue weighted by molar-refractivity contribution is 0.0915. The van der Waals surface area contributed by atoms with Gasteiger partial charge in [0.25, 0.3) is 5.91 Å². The van der Waals surface area contributed by atoms with Gasteiger partial charge in [0.1, 0.15) is 0 Å². The number of carbonyl (C=O) groups excluding carboxylic acids is 1. The molecule has 0 spiro atoms. The Kier molecular flexibility index (Phi) is 5.20. The third kappa shape index (κ3) is 3.25. The van der Waals surface area contributed by atoms with E-state index in [0.29, 0.717) is 6.54 Å². The van der Waals surface area contributed by atoms with E-state index in [4.69, 9.17) is 5.73 Å². The van der Waals surface area contributed by atoms with Crippen molar-refractivity contribution in [3.63, 3.8) is 0 Å². The smallest absolute Gasteiger partial charge is 0.252 e. The lowest BCUT2D eigenvalue weighted by Crippen LogP contribution is -2.49. The monoisotopic (exact) mass is 288 g/mol. The molecule has 0 unspecified atom stereocenters. The molecule has 1 aliphatic rings. The number of carbonyl (C=O) groups is 1. The molecule has 5 heteroatoms. The van der Waals surface area contributed by atoms with Gasteiger partial charge < -0.3 is 11.1 Å². The first-order valence-corrected chi connectivity index (χ1v) is 7.03. The van der Waals surface area contributed by atoms with Crippen LogP contribution in [0.5, 0.6) is 0 Å². The van der Waals surface area contributed by atoms with Crippen LogP contribution in [0.4, 0.5) is 0 Å². The summed E-state index contributed by atoms with van der Waals surface area (Å²) in [5.74, 6) is 0.0276. The third-order valence-corrected chi connectivity index (χ3v) is 4.36. The summed E-state index contributed by atoms with van der Waals surface area (Å²) in [5.41, 5.74) is 7.44. The molecule has 1 amide bonds. The van der Waals surface area contributed by atoms with Crippen molar-refractivity contribution in [2.45, 2.75) is 45.1 Å². The summed E-state index contributed by atoms with van der Waals surface area (Å²) in [5, 5.41) is 5.00. The summed E-state index contributed by atoms with van der Waals surface area (Å²) < 4.78 is 0. The maximum Gasteiger partial charge on any atom is 0.252 e. The van der Waals surface area contributed by atoms with Crippen LogP contribution in [-0.4, -0.2) is 18.0 Å². The van der Waals surface area contributed by atoms with Crippen molar-refractivity contribution in [3.8, 4) is 0 Å². The van der Waals surface area contributed by atoms with Crippen LogP contribution in [0.3, 0.4) is 0 Å². The molecule has 0 fully saturated rings. The van der Waals surface area contributed by atoms with Crippen molar-refractivity contribution >= 4 is 29.7 Å². The summed E-state index contributed by atoms with van der Waals surface area (Å²) in [7, 11) is 0. The molecule has 3 N–H and O–H groups in total. The van der Waals surface area contributed by atoms with Crippen molar-refractivity contribution in [1.29, 1.82) is 0 Å². The molecule has 0 saturated carbocycles. The molecule has 0 saturated heterocycles. The quantitative estimate of drug-likeness (QED) is 0.898. The van der Waals surface area contributed by atoms with E-state index in [1.807, 2.05) is 19.2 Å². The lowest BCUT2D eigenvalue weighted by Gasteiger charge is -2.24. The van der Waals surface area contributed by atoms with E-state index >= 15 is 0 Å². The molecule has 0 atom stereocenters. The Balaban J connectivity index is 0.00000162. The number of halogens is 1. The number of rotatable bonds is 3. The van der Waals surface area contributed by atoms with Gasteiger partial charge in [-0.2, -0.15) is 0 Å². The number of nitrogens with two attached hydrogens (primary N) is 1. The van der Waals surface area contributed by atoms with Crippen LogP contribution in [0, 0.1) is 0 Å². The van der Waals surface area contributed by atoms with Crippen molar-refractivity contribution in [2.75, 3.05) is 6.54 Å². The van der Waals surface area contributed by atoms with Crippen LogP contribution in [0.25, 0.3) is 0 Å². The summed E-state index contributed by atoms with van der Waals surface area (Å²) in [6.07, 6.45) is 4.63. The van der Waals surface area contributed by atoms with Crippen LogP contribution >= 0.6 is 23.7 Å². The summed E-state index contributed by atoms with van der Waals surface area (Å²) >= 11 is 1.72. The Morgan fingerprint density at radius 3 is 2.78 bits per heavy atom. The average Bonchev–Trinajstić information content (AvgIpc) is 2.72. The van der Waals surface area contributed by atoms with Crippen LogP contribution in [0.1, 0.15) is 47.5 Å². The zero-order chi connectivity index (χ0) is 12.5. The SMILES string of the molecule is CC(C)(CN)NC(=O)c1csc2c1CCCC2.Cl. The van der Waals surface area contributed by atoms with E-state index < -0.39 is 0 Å². The Hall–Kier alpha value is -0.580. The number of aryl methyl sites for hydroxylation is 1. The molecule has 18 heavy (non-hydrogen) atoms. The Labute approximate surface area is 119 Å². The van der Waals surface area contributed by atoms with E-state index in [-0.39, 0.29) is 23.9 Å². The van der Waals surface area contributed by atoms with E-state index in [1.54, 1.807) is 11.3 Å². The number of nitrogens with one attached hydrogen (secondary N) is 1. The fourth-order valence-electron chi connectivity index (χ4n) is 2.11. The highest BCUT2D eigenvalue weighted by Crippen LogP contribution is 2.30. The van der Waals surface area contributed by atoms with Gasteiger partial charge in [-0.25, -0.2) is 0 Å². The largest absolute Gasteiger partial charge is 0.346 e. The maximum absolute atomic E-state index is 12.2. The van der Waals surface area contributed by atoms with E-state index in [0.717, 1.165) is 18.4 Å². The molecule has 1 heterocycles. The van der Waals surface area contributed by atoms with Gasteiger partial charge in [0, 0.05) is 22.3 Å². The average molecular weight is 289 g/mol. The lowest BCUT2D eigenvalue weighted by atomic mass is 9.95. The highest BCUT2D eigenvalue weighted by Gasteiger charge is 2.24. The van der Waals surface area contributed by atoms with Gasteiger partial charge in [-0.05, 0) is 45.1 Å². The molecule has 0 aromatic carbocycles. The van der Waals surface area contributed by atoms with Gasteiger partial charge in [-0.15, -0.1) is 23.7 Å². The first-order valence-electron chi connectivity index (χ1n) is 6.15. The Morgan fingerprint density at radius 2 is 2.11 bits per heavy atom. The van der Waals surface area contributed by atoms with Gasteiger partial charge in [-0.3, -0.25) is 4.79 Å². The van der Waals surface area contributed by atoms with Gasteiger partial charge in [0.2, 0.25) is 0 Å². The first-order chi connectivity index (χ1) is 8.03. The van der Waals surface area contributed by atoms with Gasteiger partial charge >= 0.3 is 0 Å². The Morgan fingerprint density at radius 1 is 1.44 bits per heavy atom. The molecule has 1 aromatic heterocycles. The standard InChI is InChI=1S/C13H20N2OS.ClH/c1-13(2,8-14)15-12(16)10-7-17-11-6-4-3-5-9(10)11;/h7H,3-6,8,14H2,1-2H3,(H,15,16);1H. The number of amides is 1. The van der Waals surface area contributed by atoms with Gasteiger partial charge in [0.15, 0.2) is 0 Å². The summed E-state index contributed by atoms with van der Waals surface area (Å²) in [6.45, 7) is 4.35. The minimum atomic E-state index is -0.333. The first kappa shape index (κ1) is 15.5. The van der Waals surface area contributed by atoms with E-state index in [1.165, 1.54) is 23.3 Å². The molecule has 2 rings (SSSR count). The molecule has 0 radical (unpaired) electrons. The third-order valence-electron chi connectivity index (χ3n) is 3.27. The predicted molar refractivity (Wildman–Crippen MR) is 78.8 cm³/mol. The molecule has 0 bridgehead atoms. The van der Waals surface area contributed by atoms with E-state index in [9.17, 15) is 4.79 Å². The summed E-state index contributed by atoms with van der Waals surface area (Å²) in [6, 6.07) is 0. The second-order valence-electron chi connectivity index (χ2n) is 5.30. The van der Waals surface area contributed by atoms with Crippen molar-refractivity contribution in [1.82, 2.24) is 5.32 Å². The van der Waals surface area contributed by atoms with Crippen LogP contribution in [-0.2, 0) is 12.8 Å². The fraction of sp³-hybridized carbons (Fsp3) is 0.615. The normalized spacial score (nSPS) is 14.6.